The highest BCUT2D eigenvalue weighted by Gasteiger charge is 2.30. The van der Waals surface area contributed by atoms with Crippen LogP contribution in [-0.4, -0.2) is 86.2 Å². The van der Waals surface area contributed by atoms with Crippen LogP contribution in [0.25, 0.3) is 11.5 Å². The number of hydroxylamine groups is 1. The third-order valence-electron chi connectivity index (χ3n) is 6.99. The summed E-state index contributed by atoms with van der Waals surface area (Å²) in [6, 6.07) is 4.08. The number of H-pyrrole nitrogens is 1. The van der Waals surface area contributed by atoms with Crippen molar-refractivity contribution in [3.63, 3.8) is 0 Å². The number of hydrogen-bond acceptors (Lipinski definition) is 9. The summed E-state index contributed by atoms with van der Waals surface area (Å²) in [7, 11) is 1.45. The van der Waals surface area contributed by atoms with Crippen LogP contribution in [0.2, 0.25) is 0 Å². The molecule has 1 atom stereocenters. The third-order valence-corrected chi connectivity index (χ3v) is 7.73. The summed E-state index contributed by atoms with van der Waals surface area (Å²) in [5, 5.41) is 21.1. The second-order valence-corrected chi connectivity index (χ2v) is 10.3. The number of thiophene rings is 1. The number of nitrogens with one attached hydrogen (secondary N) is 3. The minimum absolute atomic E-state index is 0.133. The number of hydrogen-bond donors (Lipinski definition) is 3. The first-order valence-electron chi connectivity index (χ1n) is 12.7. The lowest BCUT2D eigenvalue weighted by Crippen LogP contribution is -2.51. The van der Waals surface area contributed by atoms with Crippen molar-refractivity contribution in [3.05, 3.63) is 45.3 Å². The molecule has 1 aliphatic heterocycles. The summed E-state index contributed by atoms with van der Waals surface area (Å²) in [6.45, 7) is 8.78. The fourth-order valence-corrected chi connectivity index (χ4v) is 5.62. The topological polar surface area (TPSA) is 141 Å². The molecule has 1 unspecified atom stereocenters. The first-order chi connectivity index (χ1) is 18.4. The van der Waals surface area contributed by atoms with Crippen molar-refractivity contribution < 1.29 is 14.4 Å². The summed E-state index contributed by atoms with van der Waals surface area (Å²) in [5.74, 6) is 0.265. The van der Waals surface area contributed by atoms with Gasteiger partial charge < -0.3 is 15.1 Å². The molecule has 0 aromatic carbocycles. The lowest BCUT2D eigenvalue weighted by molar-refractivity contribution is 0.0565. The first kappa shape index (κ1) is 27.6. The smallest absolute Gasteiger partial charge is 0.341 e. The molecule has 1 saturated heterocycles. The molecule has 38 heavy (non-hydrogen) atoms. The van der Waals surface area contributed by atoms with E-state index in [1.54, 1.807) is 17.4 Å². The van der Waals surface area contributed by atoms with Crippen LogP contribution in [0.15, 0.2) is 22.9 Å². The van der Waals surface area contributed by atoms with Crippen molar-refractivity contribution in [2.75, 3.05) is 26.7 Å². The van der Waals surface area contributed by atoms with E-state index >= 15 is 0 Å². The van der Waals surface area contributed by atoms with E-state index in [1.807, 2.05) is 30.2 Å². The summed E-state index contributed by atoms with van der Waals surface area (Å²) in [5.41, 5.74) is 6.20. The number of rotatable bonds is 10. The van der Waals surface area contributed by atoms with Crippen LogP contribution < -0.4 is 10.8 Å². The molecule has 12 nitrogen and oxygen atoms in total. The molecule has 13 heteroatoms. The zero-order valence-electron chi connectivity index (χ0n) is 22.2. The lowest BCUT2D eigenvalue weighted by Gasteiger charge is -2.40. The average molecular weight is 542 g/mol. The van der Waals surface area contributed by atoms with Gasteiger partial charge in [0.15, 0.2) is 0 Å². The van der Waals surface area contributed by atoms with Crippen molar-refractivity contribution in [2.24, 2.45) is 0 Å². The van der Waals surface area contributed by atoms with Gasteiger partial charge in [0.1, 0.15) is 5.69 Å². The largest absolute Gasteiger partial charge is 0.352 e. The van der Waals surface area contributed by atoms with Gasteiger partial charge in [-0.15, -0.1) is 10.2 Å². The molecule has 204 valence electrons. The van der Waals surface area contributed by atoms with Crippen molar-refractivity contribution in [2.45, 2.75) is 58.7 Å². The van der Waals surface area contributed by atoms with Crippen LogP contribution in [-0.2, 0) is 11.4 Å². The van der Waals surface area contributed by atoms with Crippen LogP contribution in [0.5, 0.6) is 0 Å². The number of nitrogens with zero attached hydrogens (tertiary/aromatic N) is 6. The molecular formula is C25H35N9O3S. The number of pyridine rings is 1. The summed E-state index contributed by atoms with van der Waals surface area (Å²) >= 11 is 1.63. The van der Waals surface area contributed by atoms with E-state index in [0.717, 1.165) is 43.5 Å². The van der Waals surface area contributed by atoms with Crippen molar-refractivity contribution >= 4 is 23.3 Å². The number of tetrazole rings is 1. The number of piperidine rings is 1. The number of carbonyl (C=O) groups excluding carboxylic acids is 2. The molecule has 4 heterocycles. The van der Waals surface area contributed by atoms with Crippen molar-refractivity contribution in [1.82, 2.24) is 46.2 Å². The maximum absolute atomic E-state index is 12.9. The Labute approximate surface area is 226 Å². The quantitative estimate of drug-likeness (QED) is 0.333. The van der Waals surface area contributed by atoms with E-state index in [4.69, 9.17) is 4.84 Å². The highest BCUT2D eigenvalue weighted by atomic mass is 32.1. The Morgan fingerprint density at radius 3 is 2.74 bits per heavy atom. The first-order valence-corrected chi connectivity index (χ1v) is 13.7. The maximum atomic E-state index is 12.9. The standard InChI is InChI=1S/C25H35N9O3S/c1-16-13-21(23-28-31-32-29-23)27-18(3)22(16)24(35)26-9-5-17(2)33-10-6-20(7-11-33)34(25(36)30-37-4)14-19-8-12-38-15-19/h8,12-13,15,17,20H,5-7,9-11,14H2,1-4H3,(H,26,35)(H,30,36)(H,28,29,31,32). The zero-order valence-corrected chi connectivity index (χ0v) is 23.0. The van der Waals surface area contributed by atoms with Gasteiger partial charge in [-0.05, 0) is 79.3 Å². The Morgan fingerprint density at radius 1 is 1.32 bits per heavy atom. The van der Waals surface area contributed by atoms with Gasteiger partial charge in [0.25, 0.3) is 5.91 Å². The molecule has 3 aromatic heterocycles. The summed E-state index contributed by atoms with van der Waals surface area (Å²) in [4.78, 5) is 39.3. The number of likely N-dealkylation sites (tertiary alicyclic amines) is 1. The number of amides is 3. The predicted molar refractivity (Wildman–Crippen MR) is 143 cm³/mol. The Kier molecular flexibility index (Phi) is 9.37. The van der Waals surface area contributed by atoms with Gasteiger partial charge in [-0.3, -0.25) is 9.63 Å². The van der Waals surface area contributed by atoms with Gasteiger partial charge in [0, 0.05) is 38.3 Å². The van der Waals surface area contributed by atoms with Gasteiger partial charge in [-0.2, -0.15) is 16.6 Å². The van der Waals surface area contributed by atoms with Crippen LogP contribution >= 0.6 is 11.3 Å². The Morgan fingerprint density at radius 2 is 2.11 bits per heavy atom. The molecule has 3 aromatic rings. The van der Waals surface area contributed by atoms with Gasteiger partial charge in [-0.1, -0.05) is 0 Å². The molecule has 0 saturated carbocycles. The summed E-state index contributed by atoms with van der Waals surface area (Å²) in [6.07, 6.45) is 2.59. The Bertz CT molecular complexity index is 1170. The van der Waals surface area contributed by atoms with Crippen LogP contribution in [0.4, 0.5) is 4.79 Å². The van der Waals surface area contributed by atoms with Crippen molar-refractivity contribution in [3.8, 4) is 11.5 Å². The zero-order chi connectivity index (χ0) is 27.1. The molecule has 0 spiro atoms. The monoisotopic (exact) mass is 541 g/mol. The molecule has 4 rings (SSSR count). The Balaban J connectivity index is 1.26. The third kappa shape index (κ3) is 6.71. The maximum Gasteiger partial charge on any atom is 0.341 e. The van der Waals surface area contributed by atoms with E-state index in [9.17, 15) is 9.59 Å². The lowest BCUT2D eigenvalue weighted by atomic mass is 10.0. The van der Waals surface area contributed by atoms with Crippen LogP contribution in [0.3, 0.4) is 0 Å². The van der Waals surface area contributed by atoms with E-state index in [2.05, 4.69) is 53.6 Å². The van der Waals surface area contributed by atoms with Gasteiger partial charge in [0.05, 0.1) is 18.4 Å². The number of aromatic amines is 1. The summed E-state index contributed by atoms with van der Waals surface area (Å²) < 4.78 is 0. The highest BCUT2D eigenvalue weighted by molar-refractivity contribution is 7.07. The number of carbonyl (C=O) groups is 2. The fourth-order valence-electron chi connectivity index (χ4n) is 4.96. The van der Waals surface area contributed by atoms with E-state index < -0.39 is 0 Å². The van der Waals surface area contributed by atoms with Crippen LogP contribution in [0, 0.1) is 13.8 Å². The highest BCUT2D eigenvalue weighted by Crippen LogP contribution is 2.23. The minimum atomic E-state index is -0.210. The molecule has 1 fully saturated rings. The number of urea groups is 1. The van der Waals surface area contributed by atoms with E-state index in [0.29, 0.717) is 41.9 Å². The molecule has 3 N–H and O–H groups in total. The molecule has 0 radical (unpaired) electrons. The molecule has 0 aliphatic carbocycles. The molecular weight excluding hydrogens is 506 g/mol. The molecule has 1 aliphatic rings. The average Bonchev–Trinajstić information content (AvgIpc) is 3.62. The second-order valence-electron chi connectivity index (χ2n) is 9.55. The predicted octanol–water partition coefficient (Wildman–Crippen LogP) is 2.69. The fraction of sp³-hybridized carbons (Fsp3) is 0.520. The van der Waals surface area contributed by atoms with E-state index in [-0.39, 0.29) is 18.0 Å². The normalized spacial score (nSPS) is 15.3. The number of aryl methyl sites for hydroxylation is 2. The van der Waals surface area contributed by atoms with Gasteiger partial charge in [-0.25, -0.2) is 15.3 Å². The van der Waals surface area contributed by atoms with Gasteiger partial charge in [0.2, 0.25) is 5.82 Å². The number of aromatic nitrogens is 5. The molecule has 0 bridgehead atoms. The van der Waals surface area contributed by atoms with Crippen LogP contribution in [0.1, 0.15) is 53.4 Å². The molecule has 3 amide bonds. The second kappa shape index (κ2) is 12.9. The van der Waals surface area contributed by atoms with Crippen molar-refractivity contribution in [1.29, 1.82) is 0 Å². The Hall–Kier alpha value is -3.42. The van der Waals surface area contributed by atoms with Gasteiger partial charge >= 0.3 is 6.03 Å². The van der Waals surface area contributed by atoms with E-state index in [1.165, 1.54) is 7.11 Å². The minimum Gasteiger partial charge on any atom is -0.352 e. The SMILES string of the molecule is CONC(=O)N(Cc1ccsc1)C1CCN(C(C)CCNC(=O)c2c(C)cc(-c3nn[nH]n3)nc2C)CC1.